The maximum Gasteiger partial charge on any atom is 0.0726 e. The minimum Gasteiger partial charge on any atom is -0.380 e. The highest BCUT2D eigenvalue weighted by molar-refractivity contribution is 5.91. The van der Waals surface area contributed by atoms with Crippen LogP contribution < -0.4 is 4.90 Å². The molecular weight excluding hydrogens is 224 g/mol. The molecule has 0 radical (unpaired) electrons. The Labute approximate surface area is 108 Å². The summed E-state index contributed by atoms with van der Waals surface area (Å²) in [5.41, 5.74) is 3.32. The summed E-state index contributed by atoms with van der Waals surface area (Å²) in [5.74, 6) is 0. The zero-order valence-electron chi connectivity index (χ0n) is 11.3. The van der Waals surface area contributed by atoms with Gasteiger partial charge in [0.05, 0.1) is 12.1 Å². The largest absolute Gasteiger partial charge is 0.380 e. The van der Waals surface area contributed by atoms with Crippen LogP contribution in [0.1, 0.15) is 12.6 Å². The van der Waals surface area contributed by atoms with Crippen molar-refractivity contribution in [2.24, 2.45) is 0 Å². The third-order valence-electron chi connectivity index (χ3n) is 3.01. The fraction of sp³-hybridized carbons (Fsp3) is 0.400. The molecule has 0 bridgehead atoms. The Morgan fingerprint density at radius 3 is 2.83 bits per heavy atom. The van der Waals surface area contributed by atoms with Crippen LogP contribution in [0.3, 0.4) is 0 Å². The van der Waals surface area contributed by atoms with E-state index < -0.39 is 0 Å². The molecule has 0 N–H and O–H groups in total. The molecular formula is C15H20N2O. The van der Waals surface area contributed by atoms with E-state index in [1.165, 1.54) is 11.1 Å². The van der Waals surface area contributed by atoms with Crippen molar-refractivity contribution >= 4 is 16.6 Å². The average molecular weight is 244 g/mol. The highest BCUT2D eigenvalue weighted by Gasteiger charge is 2.07. The minimum atomic E-state index is 0.753. The van der Waals surface area contributed by atoms with Gasteiger partial charge in [0.1, 0.15) is 0 Å². The summed E-state index contributed by atoms with van der Waals surface area (Å²) in [6, 6.07) is 10.4. The maximum atomic E-state index is 5.41. The number of fused-ring (bicyclic) bond motifs is 1. The Balaban J connectivity index is 2.31. The molecule has 3 heteroatoms. The number of nitrogens with zero attached hydrogens (tertiary/aromatic N) is 2. The zero-order chi connectivity index (χ0) is 13.0. The predicted octanol–water partition coefficient (Wildman–Crippen LogP) is 3.02. The Morgan fingerprint density at radius 2 is 2.06 bits per heavy atom. The van der Waals surface area contributed by atoms with E-state index in [9.17, 15) is 0 Å². The number of benzene rings is 1. The quantitative estimate of drug-likeness (QED) is 0.756. The van der Waals surface area contributed by atoms with Crippen molar-refractivity contribution in [3.8, 4) is 0 Å². The lowest BCUT2D eigenvalue weighted by molar-refractivity contribution is 0.154. The molecule has 18 heavy (non-hydrogen) atoms. The molecule has 0 saturated heterocycles. The van der Waals surface area contributed by atoms with E-state index in [0.29, 0.717) is 0 Å². The summed E-state index contributed by atoms with van der Waals surface area (Å²) in [5, 5.41) is 1.20. The number of hydrogen-bond donors (Lipinski definition) is 0. The monoisotopic (exact) mass is 244 g/mol. The summed E-state index contributed by atoms with van der Waals surface area (Å²) < 4.78 is 5.41. The van der Waals surface area contributed by atoms with Crippen LogP contribution in [-0.2, 0) is 4.74 Å². The fourth-order valence-corrected chi connectivity index (χ4v) is 2.07. The molecule has 0 atom stereocenters. The van der Waals surface area contributed by atoms with Gasteiger partial charge in [0.25, 0.3) is 0 Å². The van der Waals surface area contributed by atoms with Crippen LogP contribution in [0.25, 0.3) is 10.9 Å². The van der Waals surface area contributed by atoms with Crippen LogP contribution in [0.2, 0.25) is 0 Å². The Bertz CT molecular complexity index is 525. The number of aromatic nitrogens is 1. The molecule has 1 aromatic heterocycles. The van der Waals surface area contributed by atoms with E-state index in [-0.39, 0.29) is 0 Å². The molecule has 0 saturated carbocycles. The van der Waals surface area contributed by atoms with Crippen LogP contribution in [0, 0.1) is 6.92 Å². The van der Waals surface area contributed by atoms with Gasteiger partial charge in [0.2, 0.25) is 0 Å². The molecule has 0 aliphatic carbocycles. The Kier molecular flexibility index (Phi) is 4.15. The number of anilines is 1. The fourth-order valence-electron chi connectivity index (χ4n) is 2.07. The molecule has 1 heterocycles. The van der Waals surface area contributed by atoms with Gasteiger partial charge in [-0.1, -0.05) is 18.2 Å². The lowest BCUT2D eigenvalue weighted by atomic mass is 10.1. The predicted molar refractivity (Wildman–Crippen MR) is 76.2 cm³/mol. The van der Waals surface area contributed by atoms with Gasteiger partial charge in [-0.3, -0.25) is 4.98 Å². The van der Waals surface area contributed by atoms with Crippen LogP contribution in [0.15, 0.2) is 30.3 Å². The van der Waals surface area contributed by atoms with Crippen molar-refractivity contribution in [2.75, 3.05) is 31.7 Å². The zero-order valence-corrected chi connectivity index (χ0v) is 11.3. The van der Waals surface area contributed by atoms with Gasteiger partial charge in [0.15, 0.2) is 0 Å². The molecule has 0 amide bonds. The molecule has 2 aromatic rings. The van der Waals surface area contributed by atoms with Gasteiger partial charge >= 0.3 is 0 Å². The van der Waals surface area contributed by atoms with Crippen molar-refractivity contribution in [2.45, 2.75) is 13.8 Å². The van der Waals surface area contributed by atoms with E-state index in [1.54, 1.807) is 0 Å². The molecule has 0 spiro atoms. The van der Waals surface area contributed by atoms with Crippen molar-refractivity contribution in [1.82, 2.24) is 4.98 Å². The summed E-state index contributed by atoms with van der Waals surface area (Å²) in [6.07, 6.45) is 0. The molecule has 3 nitrogen and oxygen atoms in total. The van der Waals surface area contributed by atoms with Crippen molar-refractivity contribution in [1.29, 1.82) is 0 Å². The van der Waals surface area contributed by atoms with Gasteiger partial charge in [0, 0.05) is 37.0 Å². The summed E-state index contributed by atoms with van der Waals surface area (Å²) in [6.45, 7) is 6.46. The van der Waals surface area contributed by atoms with Gasteiger partial charge in [-0.25, -0.2) is 0 Å². The molecule has 0 aliphatic rings. The van der Waals surface area contributed by atoms with Crippen LogP contribution in [-0.4, -0.2) is 31.8 Å². The number of ether oxygens (including phenoxy) is 1. The first-order chi connectivity index (χ1) is 8.72. The molecule has 0 fully saturated rings. The molecule has 0 unspecified atom stereocenters. The SMILES string of the molecule is CCOCCN(C)c1cc(C)nc2ccccc12. The van der Waals surface area contributed by atoms with Gasteiger partial charge in [-0.05, 0) is 26.0 Å². The topological polar surface area (TPSA) is 25.4 Å². The van der Waals surface area contributed by atoms with E-state index in [1.807, 2.05) is 19.9 Å². The normalized spacial score (nSPS) is 10.8. The second kappa shape index (κ2) is 5.83. The van der Waals surface area contributed by atoms with Crippen molar-refractivity contribution in [3.63, 3.8) is 0 Å². The first-order valence-electron chi connectivity index (χ1n) is 6.37. The summed E-state index contributed by atoms with van der Waals surface area (Å²) in [7, 11) is 2.10. The standard InChI is InChI=1S/C15H20N2O/c1-4-18-10-9-17(3)15-11-12(2)16-14-8-6-5-7-13(14)15/h5-8,11H,4,9-10H2,1-3H3. The second-order valence-corrected chi connectivity index (χ2v) is 4.42. The summed E-state index contributed by atoms with van der Waals surface area (Å²) >= 11 is 0. The smallest absolute Gasteiger partial charge is 0.0726 e. The van der Waals surface area contributed by atoms with E-state index in [4.69, 9.17) is 4.74 Å². The third kappa shape index (κ3) is 2.79. The molecule has 1 aromatic carbocycles. The van der Waals surface area contributed by atoms with Crippen LogP contribution in [0.5, 0.6) is 0 Å². The average Bonchev–Trinajstić information content (AvgIpc) is 2.38. The third-order valence-corrected chi connectivity index (χ3v) is 3.01. The lowest BCUT2D eigenvalue weighted by Gasteiger charge is -2.21. The number of rotatable bonds is 5. The molecule has 96 valence electrons. The number of aryl methyl sites for hydroxylation is 1. The van der Waals surface area contributed by atoms with Crippen molar-refractivity contribution < 1.29 is 4.74 Å². The maximum absolute atomic E-state index is 5.41. The highest BCUT2D eigenvalue weighted by atomic mass is 16.5. The first-order valence-corrected chi connectivity index (χ1v) is 6.37. The van der Waals surface area contributed by atoms with E-state index >= 15 is 0 Å². The number of hydrogen-bond acceptors (Lipinski definition) is 3. The van der Waals surface area contributed by atoms with E-state index in [0.717, 1.165) is 31.0 Å². The second-order valence-electron chi connectivity index (χ2n) is 4.42. The van der Waals surface area contributed by atoms with Crippen LogP contribution in [0.4, 0.5) is 5.69 Å². The van der Waals surface area contributed by atoms with Gasteiger partial charge in [-0.15, -0.1) is 0 Å². The van der Waals surface area contributed by atoms with E-state index in [2.05, 4.69) is 41.2 Å². The number of likely N-dealkylation sites (N-methyl/N-ethyl adjacent to an activating group) is 1. The number of para-hydroxylation sites is 1. The Morgan fingerprint density at radius 1 is 1.28 bits per heavy atom. The first kappa shape index (κ1) is 12.8. The molecule has 0 aliphatic heterocycles. The highest BCUT2D eigenvalue weighted by Crippen LogP contribution is 2.25. The van der Waals surface area contributed by atoms with Crippen LogP contribution >= 0.6 is 0 Å². The number of pyridine rings is 1. The van der Waals surface area contributed by atoms with Gasteiger partial charge in [-0.2, -0.15) is 0 Å². The minimum absolute atomic E-state index is 0.753. The lowest BCUT2D eigenvalue weighted by Crippen LogP contribution is -2.23. The molecule has 2 rings (SSSR count). The summed E-state index contributed by atoms with van der Waals surface area (Å²) in [4.78, 5) is 6.79. The Hall–Kier alpha value is -1.61. The van der Waals surface area contributed by atoms with Gasteiger partial charge < -0.3 is 9.64 Å². The van der Waals surface area contributed by atoms with Crippen molar-refractivity contribution in [3.05, 3.63) is 36.0 Å².